The van der Waals surface area contributed by atoms with Crippen LogP contribution < -0.4 is 5.73 Å². The zero-order chi connectivity index (χ0) is 8.97. The van der Waals surface area contributed by atoms with Crippen molar-refractivity contribution in [1.29, 1.82) is 0 Å². The van der Waals surface area contributed by atoms with E-state index in [0.29, 0.717) is 6.54 Å². The number of aliphatic hydroxyl groups excluding tert-OH is 1. The first-order valence-corrected chi connectivity index (χ1v) is 4.46. The lowest BCUT2D eigenvalue weighted by molar-refractivity contribution is 0.0622. The molecule has 0 amide bonds. The Morgan fingerprint density at radius 1 is 1.50 bits per heavy atom. The highest BCUT2D eigenvalue weighted by molar-refractivity contribution is 4.74. The van der Waals surface area contributed by atoms with Crippen LogP contribution in [0.4, 0.5) is 4.39 Å². The standard InChI is InChI=1S/C8H17FN2O/c9-3-6-11-4-1-7(2-5-11)8(10)12/h7-8,12H,1-6,10H2. The van der Waals surface area contributed by atoms with Gasteiger partial charge in [-0.05, 0) is 25.9 Å². The van der Waals surface area contributed by atoms with Crippen molar-refractivity contribution in [2.75, 3.05) is 26.3 Å². The maximum absolute atomic E-state index is 11.9. The Bertz CT molecular complexity index is 124. The Labute approximate surface area is 72.3 Å². The van der Waals surface area contributed by atoms with Crippen LogP contribution in [0.25, 0.3) is 0 Å². The van der Waals surface area contributed by atoms with Gasteiger partial charge in [0.1, 0.15) is 12.9 Å². The molecule has 1 unspecified atom stereocenters. The summed E-state index contributed by atoms with van der Waals surface area (Å²) in [6, 6.07) is 0. The zero-order valence-corrected chi connectivity index (χ0v) is 7.25. The molecule has 1 aliphatic rings. The van der Waals surface area contributed by atoms with Crippen LogP contribution in [0.15, 0.2) is 0 Å². The van der Waals surface area contributed by atoms with Crippen LogP contribution in [0.5, 0.6) is 0 Å². The van der Waals surface area contributed by atoms with Crippen molar-refractivity contribution in [3.8, 4) is 0 Å². The lowest BCUT2D eigenvalue weighted by Gasteiger charge is -2.32. The van der Waals surface area contributed by atoms with Crippen LogP contribution in [-0.2, 0) is 0 Å². The molecule has 0 aromatic heterocycles. The van der Waals surface area contributed by atoms with E-state index in [1.807, 2.05) is 0 Å². The maximum atomic E-state index is 11.9. The molecule has 3 N–H and O–H groups in total. The molecule has 4 heteroatoms. The number of hydrogen-bond acceptors (Lipinski definition) is 3. The highest BCUT2D eigenvalue weighted by Gasteiger charge is 2.22. The highest BCUT2D eigenvalue weighted by Crippen LogP contribution is 2.17. The van der Waals surface area contributed by atoms with Crippen molar-refractivity contribution < 1.29 is 9.50 Å². The van der Waals surface area contributed by atoms with Crippen molar-refractivity contribution in [2.24, 2.45) is 11.7 Å². The number of hydrogen-bond donors (Lipinski definition) is 2. The maximum Gasteiger partial charge on any atom is 0.105 e. The van der Waals surface area contributed by atoms with Crippen LogP contribution in [0.3, 0.4) is 0 Å². The fraction of sp³-hybridized carbons (Fsp3) is 1.00. The lowest BCUT2D eigenvalue weighted by atomic mass is 9.95. The molecule has 1 atom stereocenters. The van der Waals surface area contributed by atoms with E-state index in [2.05, 4.69) is 4.90 Å². The molecule has 1 heterocycles. The van der Waals surface area contributed by atoms with E-state index in [0.717, 1.165) is 25.9 Å². The molecule has 1 saturated heterocycles. The SMILES string of the molecule is NC(O)C1CCN(CCF)CC1. The number of halogens is 1. The van der Waals surface area contributed by atoms with E-state index in [1.165, 1.54) is 0 Å². The Hall–Kier alpha value is -0.190. The van der Waals surface area contributed by atoms with Crippen molar-refractivity contribution in [2.45, 2.75) is 19.1 Å². The molecule has 1 fully saturated rings. The third kappa shape index (κ3) is 2.69. The van der Waals surface area contributed by atoms with Crippen LogP contribution in [0, 0.1) is 5.92 Å². The molecule has 0 aliphatic carbocycles. The van der Waals surface area contributed by atoms with E-state index in [-0.39, 0.29) is 12.6 Å². The largest absolute Gasteiger partial charge is 0.379 e. The number of piperidine rings is 1. The molecule has 3 nitrogen and oxygen atoms in total. The van der Waals surface area contributed by atoms with Gasteiger partial charge in [-0.15, -0.1) is 0 Å². The quantitative estimate of drug-likeness (QED) is 0.592. The highest BCUT2D eigenvalue weighted by atomic mass is 19.1. The van der Waals surface area contributed by atoms with Crippen molar-refractivity contribution in [3.05, 3.63) is 0 Å². The molecule has 0 radical (unpaired) electrons. The molecule has 0 saturated carbocycles. The second-order valence-electron chi connectivity index (χ2n) is 3.36. The van der Waals surface area contributed by atoms with E-state index >= 15 is 0 Å². The average molecular weight is 176 g/mol. The lowest BCUT2D eigenvalue weighted by Crippen LogP contribution is -2.41. The zero-order valence-electron chi connectivity index (χ0n) is 7.25. The van der Waals surface area contributed by atoms with Crippen molar-refractivity contribution in [1.82, 2.24) is 4.90 Å². The molecule has 1 rings (SSSR count). The summed E-state index contributed by atoms with van der Waals surface area (Å²) in [7, 11) is 0. The van der Waals surface area contributed by atoms with Crippen molar-refractivity contribution in [3.63, 3.8) is 0 Å². The van der Waals surface area contributed by atoms with Gasteiger partial charge in [0.15, 0.2) is 0 Å². The van der Waals surface area contributed by atoms with E-state index in [1.54, 1.807) is 0 Å². The fourth-order valence-electron chi connectivity index (χ4n) is 1.64. The van der Waals surface area contributed by atoms with Gasteiger partial charge in [0.25, 0.3) is 0 Å². The second-order valence-corrected chi connectivity index (χ2v) is 3.36. The third-order valence-corrected chi connectivity index (χ3v) is 2.52. The molecule has 12 heavy (non-hydrogen) atoms. The minimum Gasteiger partial charge on any atom is -0.379 e. The molecule has 0 aromatic rings. The van der Waals surface area contributed by atoms with Gasteiger partial charge in [0.05, 0.1) is 0 Å². The topological polar surface area (TPSA) is 49.5 Å². The van der Waals surface area contributed by atoms with Gasteiger partial charge in [-0.3, -0.25) is 0 Å². The fourth-order valence-corrected chi connectivity index (χ4v) is 1.64. The number of nitrogens with two attached hydrogens (primary N) is 1. The minimum atomic E-state index is -0.697. The Kier molecular flexibility index (Phi) is 3.91. The van der Waals surface area contributed by atoms with Crippen LogP contribution >= 0.6 is 0 Å². The summed E-state index contributed by atoms with van der Waals surface area (Å²) >= 11 is 0. The molecular weight excluding hydrogens is 159 g/mol. The summed E-state index contributed by atoms with van der Waals surface area (Å²) in [5.74, 6) is 0.209. The van der Waals surface area contributed by atoms with Gasteiger partial charge in [0.2, 0.25) is 0 Å². The first kappa shape index (κ1) is 9.89. The number of likely N-dealkylation sites (tertiary alicyclic amines) is 1. The summed E-state index contributed by atoms with van der Waals surface area (Å²) in [4.78, 5) is 2.07. The predicted molar refractivity (Wildman–Crippen MR) is 45.3 cm³/mol. The van der Waals surface area contributed by atoms with E-state index < -0.39 is 6.23 Å². The Balaban J connectivity index is 2.20. The predicted octanol–water partition coefficient (Wildman–Crippen LogP) is -0.0550. The molecule has 72 valence electrons. The first-order chi connectivity index (χ1) is 5.74. The van der Waals surface area contributed by atoms with Crippen LogP contribution in [0.1, 0.15) is 12.8 Å². The molecule has 0 bridgehead atoms. The summed E-state index contributed by atoms with van der Waals surface area (Å²) < 4.78 is 11.9. The number of rotatable bonds is 3. The van der Waals surface area contributed by atoms with Gasteiger partial charge >= 0.3 is 0 Å². The van der Waals surface area contributed by atoms with Gasteiger partial charge < -0.3 is 15.7 Å². The smallest absolute Gasteiger partial charge is 0.105 e. The molecule has 1 aliphatic heterocycles. The first-order valence-electron chi connectivity index (χ1n) is 4.46. The van der Waals surface area contributed by atoms with Crippen LogP contribution in [0.2, 0.25) is 0 Å². The number of aliphatic hydroxyl groups is 1. The molecular formula is C8H17FN2O. The molecule has 0 spiro atoms. The average Bonchev–Trinajstić information content (AvgIpc) is 2.06. The monoisotopic (exact) mass is 176 g/mol. The molecule has 0 aromatic carbocycles. The van der Waals surface area contributed by atoms with Crippen LogP contribution in [-0.4, -0.2) is 42.5 Å². The Morgan fingerprint density at radius 3 is 2.50 bits per heavy atom. The summed E-state index contributed by atoms with van der Waals surface area (Å²) in [5, 5.41) is 9.08. The van der Waals surface area contributed by atoms with E-state index in [4.69, 9.17) is 10.8 Å². The van der Waals surface area contributed by atoms with Gasteiger partial charge in [-0.25, -0.2) is 4.39 Å². The van der Waals surface area contributed by atoms with E-state index in [9.17, 15) is 4.39 Å². The summed E-state index contributed by atoms with van der Waals surface area (Å²) in [5.41, 5.74) is 5.35. The summed E-state index contributed by atoms with van der Waals surface area (Å²) in [6.45, 7) is 1.97. The summed E-state index contributed by atoms with van der Waals surface area (Å²) in [6.07, 6.45) is 1.08. The van der Waals surface area contributed by atoms with Gasteiger partial charge in [-0.1, -0.05) is 0 Å². The van der Waals surface area contributed by atoms with Gasteiger partial charge in [-0.2, -0.15) is 0 Å². The second kappa shape index (κ2) is 4.74. The number of alkyl halides is 1. The van der Waals surface area contributed by atoms with Gasteiger partial charge in [0, 0.05) is 12.5 Å². The van der Waals surface area contributed by atoms with Crippen molar-refractivity contribution >= 4 is 0 Å². The normalized spacial score (nSPS) is 24.2. The number of nitrogens with zero attached hydrogens (tertiary/aromatic N) is 1. The Morgan fingerprint density at radius 2 is 2.08 bits per heavy atom. The minimum absolute atomic E-state index is 0.209. The third-order valence-electron chi connectivity index (χ3n) is 2.52.